The number of hydrogen-bond donors (Lipinski definition) is 3. The molecule has 0 amide bonds. The lowest BCUT2D eigenvalue weighted by Gasteiger charge is -2.38. The highest BCUT2D eigenvalue weighted by Gasteiger charge is 2.43. The molecule has 3 N–H and O–H groups in total. The average molecular weight is 488 g/mol. The number of Topliss-reactive ketones (excluding diaryl/α,β-unsaturated/α-hetero) is 1. The van der Waals surface area contributed by atoms with Crippen LogP contribution >= 0.6 is 35.4 Å². The van der Waals surface area contributed by atoms with Crippen molar-refractivity contribution < 1.29 is 9.21 Å². The lowest BCUT2D eigenvalue weighted by Crippen LogP contribution is -2.36. The van der Waals surface area contributed by atoms with Crippen LogP contribution in [0.3, 0.4) is 0 Å². The number of rotatable bonds is 2. The van der Waals surface area contributed by atoms with Crippen LogP contribution in [-0.4, -0.2) is 15.8 Å². The van der Waals surface area contributed by atoms with E-state index in [9.17, 15) is 9.59 Å². The summed E-state index contributed by atoms with van der Waals surface area (Å²) in [6, 6.07) is 8.70. The highest BCUT2D eigenvalue weighted by atomic mass is 35.5. The minimum Gasteiger partial charge on any atom is -0.460 e. The fourth-order valence-electron chi connectivity index (χ4n) is 4.59. The number of carbonyl (C=O) groups excluding carboxylic acids is 1. The third-order valence-corrected chi connectivity index (χ3v) is 6.45. The highest BCUT2D eigenvalue weighted by molar-refractivity contribution is 7.71. The number of furan rings is 1. The normalized spacial score (nSPS) is 19.4. The van der Waals surface area contributed by atoms with E-state index in [1.54, 1.807) is 30.3 Å². The number of ketones is 1. The number of anilines is 1. The van der Waals surface area contributed by atoms with Gasteiger partial charge in [-0.1, -0.05) is 37.0 Å². The first-order chi connectivity index (χ1) is 15.1. The molecule has 2 aromatic heterocycles. The van der Waals surface area contributed by atoms with Crippen LogP contribution in [0.1, 0.15) is 43.9 Å². The smallest absolute Gasteiger partial charge is 0.258 e. The summed E-state index contributed by atoms with van der Waals surface area (Å²) in [6.45, 7) is 4.10. The first-order valence-corrected chi connectivity index (χ1v) is 11.2. The maximum absolute atomic E-state index is 13.3. The Morgan fingerprint density at radius 2 is 1.78 bits per heavy atom. The summed E-state index contributed by atoms with van der Waals surface area (Å²) in [5.74, 6) is 0.830. The van der Waals surface area contributed by atoms with Crippen molar-refractivity contribution in [3.8, 4) is 11.3 Å². The van der Waals surface area contributed by atoms with Gasteiger partial charge in [0.1, 0.15) is 17.3 Å². The molecule has 5 rings (SSSR count). The zero-order valence-electron chi connectivity index (χ0n) is 17.3. The van der Waals surface area contributed by atoms with Gasteiger partial charge >= 0.3 is 0 Å². The maximum Gasteiger partial charge on any atom is 0.258 e. The van der Waals surface area contributed by atoms with E-state index < -0.39 is 5.92 Å². The summed E-state index contributed by atoms with van der Waals surface area (Å²) in [7, 11) is 0. The van der Waals surface area contributed by atoms with Crippen LogP contribution in [0.5, 0.6) is 0 Å². The van der Waals surface area contributed by atoms with Gasteiger partial charge in [0.25, 0.3) is 5.56 Å². The molecule has 0 spiro atoms. The van der Waals surface area contributed by atoms with Gasteiger partial charge in [0, 0.05) is 33.3 Å². The number of allylic oxidation sites excluding steroid dienone is 2. The van der Waals surface area contributed by atoms with Crippen LogP contribution in [0, 0.1) is 10.2 Å². The number of H-pyrrole nitrogens is 2. The second kappa shape index (κ2) is 7.47. The van der Waals surface area contributed by atoms with E-state index in [0.29, 0.717) is 56.9 Å². The van der Waals surface area contributed by atoms with Crippen LogP contribution in [0.15, 0.2) is 50.8 Å². The number of nitrogens with one attached hydrogen (secondary N) is 3. The van der Waals surface area contributed by atoms with E-state index in [1.807, 2.05) is 0 Å². The molecule has 1 aliphatic carbocycles. The predicted molar refractivity (Wildman–Crippen MR) is 127 cm³/mol. The Bertz CT molecular complexity index is 1410. The molecule has 0 bridgehead atoms. The molecule has 0 fully saturated rings. The van der Waals surface area contributed by atoms with Crippen molar-refractivity contribution in [2.45, 2.75) is 32.6 Å². The predicted octanol–water partition coefficient (Wildman–Crippen LogP) is 6.20. The van der Waals surface area contributed by atoms with Crippen molar-refractivity contribution in [2.75, 3.05) is 5.32 Å². The zero-order valence-corrected chi connectivity index (χ0v) is 19.6. The van der Waals surface area contributed by atoms with Gasteiger partial charge in [-0.3, -0.25) is 14.6 Å². The quantitative estimate of drug-likeness (QED) is 0.374. The molecule has 9 heteroatoms. The van der Waals surface area contributed by atoms with Crippen LogP contribution in [-0.2, 0) is 4.79 Å². The Hall–Kier alpha value is -2.61. The second-order valence-corrected chi connectivity index (χ2v) is 10.2. The SMILES string of the molecule is CC1(C)CC(=O)C2=C(C1)Nc1[nH]c(=S)[nH]c(=O)c1C2c1ccc(-c2cc(Cl)cc(Cl)c2)o1. The van der Waals surface area contributed by atoms with E-state index in [4.69, 9.17) is 39.8 Å². The third-order valence-electron chi connectivity index (χ3n) is 5.81. The molecule has 164 valence electrons. The molecule has 0 saturated carbocycles. The molecule has 3 aromatic rings. The van der Waals surface area contributed by atoms with Crippen molar-refractivity contribution in [2.24, 2.45) is 5.41 Å². The van der Waals surface area contributed by atoms with Crippen molar-refractivity contribution in [3.05, 3.63) is 78.1 Å². The van der Waals surface area contributed by atoms with Gasteiger partial charge in [-0.05, 0) is 54.4 Å². The van der Waals surface area contributed by atoms with Gasteiger partial charge < -0.3 is 14.7 Å². The summed E-state index contributed by atoms with van der Waals surface area (Å²) in [5.41, 5.74) is 1.84. The van der Waals surface area contributed by atoms with Crippen LogP contribution in [0.4, 0.5) is 5.82 Å². The van der Waals surface area contributed by atoms with Gasteiger partial charge in [0.2, 0.25) is 0 Å². The topological polar surface area (TPSA) is 90.9 Å². The largest absolute Gasteiger partial charge is 0.460 e. The second-order valence-electron chi connectivity index (χ2n) is 8.95. The van der Waals surface area contributed by atoms with Crippen LogP contribution in [0.25, 0.3) is 11.3 Å². The van der Waals surface area contributed by atoms with E-state index in [0.717, 1.165) is 5.70 Å². The van der Waals surface area contributed by atoms with E-state index >= 15 is 0 Å². The first-order valence-electron chi connectivity index (χ1n) is 10.1. The van der Waals surface area contributed by atoms with Crippen LogP contribution in [0.2, 0.25) is 10.0 Å². The van der Waals surface area contributed by atoms with E-state index in [1.165, 1.54) is 0 Å². The first kappa shape index (κ1) is 21.2. The van der Waals surface area contributed by atoms with E-state index in [-0.39, 0.29) is 21.5 Å². The van der Waals surface area contributed by atoms with Gasteiger partial charge in [-0.2, -0.15) is 0 Å². The Morgan fingerprint density at radius 1 is 1.06 bits per heavy atom. The molecule has 2 aliphatic rings. The number of fused-ring (bicyclic) bond motifs is 1. The molecule has 1 aromatic carbocycles. The Balaban J connectivity index is 1.71. The van der Waals surface area contributed by atoms with E-state index in [2.05, 4.69) is 29.1 Å². The highest BCUT2D eigenvalue weighted by Crippen LogP contribution is 2.48. The number of aromatic nitrogens is 2. The van der Waals surface area contributed by atoms with Gasteiger partial charge in [-0.15, -0.1) is 0 Å². The maximum atomic E-state index is 13.3. The fourth-order valence-corrected chi connectivity index (χ4v) is 5.31. The lowest BCUT2D eigenvalue weighted by molar-refractivity contribution is -0.118. The molecular formula is C23H19Cl2N3O3S. The molecule has 3 heterocycles. The lowest BCUT2D eigenvalue weighted by atomic mass is 9.70. The summed E-state index contributed by atoms with van der Waals surface area (Å²) >= 11 is 17.5. The molecule has 0 radical (unpaired) electrons. The van der Waals surface area contributed by atoms with Crippen molar-refractivity contribution in [1.82, 2.24) is 9.97 Å². The minimum atomic E-state index is -0.663. The Kier molecular flexibility index (Phi) is 4.96. The van der Waals surface area contributed by atoms with Crippen molar-refractivity contribution >= 4 is 47.0 Å². The van der Waals surface area contributed by atoms with Gasteiger partial charge in [0.15, 0.2) is 10.6 Å². The molecular weight excluding hydrogens is 469 g/mol. The third kappa shape index (κ3) is 3.64. The number of hydrogen-bond acceptors (Lipinski definition) is 5. The fraction of sp³-hybridized carbons (Fsp3) is 0.261. The summed E-state index contributed by atoms with van der Waals surface area (Å²) < 4.78 is 6.39. The summed E-state index contributed by atoms with van der Waals surface area (Å²) in [4.78, 5) is 31.9. The van der Waals surface area contributed by atoms with Gasteiger partial charge in [0.05, 0.1) is 11.5 Å². The van der Waals surface area contributed by atoms with Crippen molar-refractivity contribution in [1.29, 1.82) is 0 Å². The number of halogens is 2. The standard InChI is InChI=1S/C23H19Cl2N3O3S/c1-23(2)8-13-17(14(29)9-23)18(19-20(26-13)27-22(32)28-21(19)30)16-4-3-15(31-16)10-5-11(24)7-12(25)6-10/h3-7,18H,8-9H2,1-2H3,(H3,26,27,28,30,32). The Labute approximate surface area is 198 Å². The van der Waals surface area contributed by atoms with Crippen molar-refractivity contribution in [3.63, 3.8) is 0 Å². The number of benzene rings is 1. The number of carbonyl (C=O) groups is 1. The molecule has 0 saturated heterocycles. The monoisotopic (exact) mass is 487 g/mol. The summed E-state index contributed by atoms with van der Waals surface area (Å²) in [6.07, 6.45) is 1.05. The minimum absolute atomic E-state index is 0.00926. The van der Waals surface area contributed by atoms with Gasteiger partial charge in [-0.25, -0.2) is 0 Å². The Morgan fingerprint density at radius 3 is 2.50 bits per heavy atom. The molecule has 1 unspecified atom stereocenters. The van der Waals surface area contributed by atoms with Crippen LogP contribution < -0.4 is 10.9 Å². The molecule has 1 aliphatic heterocycles. The molecule has 32 heavy (non-hydrogen) atoms. The zero-order chi connectivity index (χ0) is 22.8. The average Bonchev–Trinajstić information content (AvgIpc) is 3.14. The molecule has 6 nitrogen and oxygen atoms in total. The summed E-state index contributed by atoms with van der Waals surface area (Å²) in [5, 5.41) is 4.23. The molecule has 1 atom stereocenters. The number of aromatic amines is 2.